The first-order valence-corrected chi connectivity index (χ1v) is 6.22. The highest BCUT2D eigenvalue weighted by atomic mass is 16.5. The first-order valence-electron chi connectivity index (χ1n) is 6.22. The van der Waals surface area contributed by atoms with E-state index in [1.165, 1.54) is 18.2 Å². The molecule has 19 heavy (non-hydrogen) atoms. The van der Waals surface area contributed by atoms with Gasteiger partial charge in [-0.05, 0) is 29.2 Å². The van der Waals surface area contributed by atoms with Crippen LogP contribution < -0.4 is 0 Å². The summed E-state index contributed by atoms with van der Waals surface area (Å²) in [6.07, 6.45) is 0. The number of fused-ring (bicyclic) bond motifs is 3. The number of ether oxygens (including phenoxy) is 1. The van der Waals surface area contributed by atoms with Crippen LogP contribution in [0.25, 0.3) is 16.7 Å². The van der Waals surface area contributed by atoms with Crippen molar-refractivity contribution in [3.05, 3.63) is 65.2 Å². The normalized spacial score (nSPS) is 11.8. The van der Waals surface area contributed by atoms with Crippen molar-refractivity contribution in [2.24, 2.45) is 0 Å². The minimum atomic E-state index is -0.276. The minimum Gasteiger partial charge on any atom is -0.466 e. The van der Waals surface area contributed by atoms with Crippen LogP contribution in [0.2, 0.25) is 0 Å². The summed E-state index contributed by atoms with van der Waals surface area (Å²) in [5.74, 6) is -0.276. The summed E-state index contributed by atoms with van der Waals surface area (Å²) in [6.45, 7) is 1.82. The maximum absolute atomic E-state index is 11.8. The predicted molar refractivity (Wildman–Crippen MR) is 75.6 cm³/mol. The Morgan fingerprint density at radius 1 is 0.842 bits per heavy atom. The van der Waals surface area contributed by atoms with E-state index in [0.29, 0.717) is 5.57 Å². The van der Waals surface area contributed by atoms with Gasteiger partial charge in [0.2, 0.25) is 0 Å². The van der Waals surface area contributed by atoms with Crippen molar-refractivity contribution < 1.29 is 9.53 Å². The van der Waals surface area contributed by atoms with Gasteiger partial charge in [0.25, 0.3) is 0 Å². The third-order valence-electron chi connectivity index (χ3n) is 3.55. The molecule has 2 heteroatoms. The maximum Gasteiger partial charge on any atom is 0.334 e. The summed E-state index contributed by atoms with van der Waals surface area (Å²) < 4.78 is 4.86. The van der Waals surface area contributed by atoms with Crippen LogP contribution in [0.5, 0.6) is 0 Å². The van der Waals surface area contributed by atoms with Crippen molar-refractivity contribution in [1.82, 2.24) is 0 Å². The summed E-state index contributed by atoms with van der Waals surface area (Å²) in [6, 6.07) is 16.3. The molecule has 0 fully saturated rings. The monoisotopic (exact) mass is 250 g/mol. The summed E-state index contributed by atoms with van der Waals surface area (Å²) in [4.78, 5) is 11.8. The van der Waals surface area contributed by atoms with Crippen molar-refractivity contribution >= 4 is 11.5 Å². The Hall–Kier alpha value is -2.35. The number of carbonyl (C=O) groups is 1. The Labute approximate surface area is 112 Å². The maximum atomic E-state index is 11.8. The molecule has 0 aromatic heterocycles. The van der Waals surface area contributed by atoms with Gasteiger partial charge in [-0.25, -0.2) is 4.79 Å². The number of methoxy groups -OCH3 is 1. The molecule has 0 saturated heterocycles. The van der Waals surface area contributed by atoms with E-state index in [1.54, 1.807) is 0 Å². The molecule has 94 valence electrons. The Bertz CT molecular complexity index is 648. The molecule has 2 nitrogen and oxygen atoms in total. The van der Waals surface area contributed by atoms with Crippen molar-refractivity contribution in [1.29, 1.82) is 0 Å². The zero-order valence-corrected chi connectivity index (χ0v) is 10.9. The lowest BCUT2D eigenvalue weighted by Gasteiger charge is -2.07. The van der Waals surface area contributed by atoms with Gasteiger partial charge in [-0.15, -0.1) is 0 Å². The summed E-state index contributed by atoms with van der Waals surface area (Å²) in [5, 5.41) is 0. The van der Waals surface area contributed by atoms with E-state index < -0.39 is 0 Å². The molecule has 3 rings (SSSR count). The average Bonchev–Trinajstić information content (AvgIpc) is 2.80. The highest BCUT2D eigenvalue weighted by Crippen LogP contribution is 2.45. The topological polar surface area (TPSA) is 26.3 Å². The molecular formula is C17H14O2. The van der Waals surface area contributed by atoms with E-state index >= 15 is 0 Å². The predicted octanol–water partition coefficient (Wildman–Crippen LogP) is 3.66. The highest BCUT2D eigenvalue weighted by molar-refractivity contribution is 6.09. The molecule has 0 saturated carbocycles. The molecule has 0 aliphatic heterocycles. The molecule has 1 aliphatic carbocycles. The number of rotatable bonds is 1. The van der Waals surface area contributed by atoms with Crippen LogP contribution in [0.1, 0.15) is 18.1 Å². The Morgan fingerprint density at radius 2 is 1.26 bits per heavy atom. The third kappa shape index (κ3) is 1.68. The second kappa shape index (κ2) is 4.39. The van der Waals surface area contributed by atoms with Crippen molar-refractivity contribution in [3.8, 4) is 11.1 Å². The van der Waals surface area contributed by atoms with Crippen molar-refractivity contribution in [2.75, 3.05) is 7.11 Å². The largest absolute Gasteiger partial charge is 0.466 e. The van der Waals surface area contributed by atoms with Gasteiger partial charge in [-0.3, -0.25) is 0 Å². The van der Waals surface area contributed by atoms with Gasteiger partial charge in [0.15, 0.2) is 0 Å². The molecule has 0 unspecified atom stereocenters. The van der Waals surface area contributed by atoms with Crippen LogP contribution in [0.3, 0.4) is 0 Å². The fourth-order valence-electron chi connectivity index (χ4n) is 2.68. The van der Waals surface area contributed by atoms with Gasteiger partial charge in [-0.2, -0.15) is 0 Å². The summed E-state index contributed by atoms with van der Waals surface area (Å²) in [5.41, 5.74) is 6.20. The van der Waals surface area contributed by atoms with Gasteiger partial charge in [0, 0.05) is 11.1 Å². The standard InChI is InChI=1S/C17H14O2/c1-11(17(18)19-2)16-14-9-5-3-7-12(14)13-8-4-6-10-15(13)16/h3-10H,1-2H3. The third-order valence-corrected chi connectivity index (χ3v) is 3.55. The van der Waals surface area contributed by atoms with E-state index in [4.69, 9.17) is 4.74 Å². The van der Waals surface area contributed by atoms with Crippen LogP contribution in [0, 0.1) is 0 Å². The number of esters is 1. The highest BCUT2D eigenvalue weighted by Gasteiger charge is 2.26. The summed E-state index contributed by atoms with van der Waals surface area (Å²) in [7, 11) is 1.42. The molecule has 2 aromatic carbocycles. The van der Waals surface area contributed by atoms with Gasteiger partial charge >= 0.3 is 5.97 Å². The van der Waals surface area contributed by atoms with Crippen molar-refractivity contribution in [3.63, 3.8) is 0 Å². The molecule has 0 spiro atoms. The van der Waals surface area contributed by atoms with Crippen LogP contribution >= 0.6 is 0 Å². The van der Waals surface area contributed by atoms with Crippen LogP contribution in [0.4, 0.5) is 0 Å². The van der Waals surface area contributed by atoms with Gasteiger partial charge in [0.05, 0.1) is 7.11 Å². The van der Waals surface area contributed by atoms with E-state index in [1.807, 2.05) is 31.2 Å². The second-order valence-corrected chi connectivity index (χ2v) is 4.58. The van der Waals surface area contributed by atoms with Gasteiger partial charge < -0.3 is 4.74 Å². The van der Waals surface area contributed by atoms with Crippen LogP contribution in [0.15, 0.2) is 54.1 Å². The zero-order valence-electron chi connectivity index (χ0n) is 10.9. The Morgan fingerprint density at radius 3 is 1.68 bits per heavy atom. The number of benzene rings is 2. The molecule has 0 radical (unpaired) electrons. The molecule has 1 aliphatic rings. The molecule has 0 atom stereocenters. The van der Waals surface area contributed by atoms with Gasteiger partial charge in [0.1, 0.15) is 0 Å². The number of hydrogen-bond acceptors (Lipinski definition) is 2. The number of carbonyl (C=O) groups excluding carboxylic acids is 1. The lowest BCUT2D eigenvalue weighted by Crippen LogP contribution is -2.04. The quantitative estimate of drug-likeness (QED) is 0.486. The summed E-state index contributed by atoms with van der Waals surface area (Å²) >= 11 is 0. The minimum absolute atomic E-state index is 0.276. The first kappa shape index (κ1) is 11.7. The second-order valence-electron chi connectivity index (χ2n) is 4.58. The average molecular weight is 250 g/mol. The molecule has 0 N–H and O–H groups in total. The Balaban J connectivity index is 2.35. The molecule has 0 heterocycles. The Kier molecular flexibility index (Phi) is 2.71. The fourth-order valence-corrected chi connectivity index (χ4v) is 2.68. The first-order chi connectivity index (χ1) is 9.24. The van der Waals surface area contributed by atoms with Crippen LogP contribution in [-0.4, -0.2) is 13.1 Å². The van der Waals surface area contributed by atoms with Crippen LogP contribution in [-0.2, 0) is 9.53 Å². The zero-order chi connectivity index (χ0) is 13.4. The fraction of sp³-hybridized carbons (Fsp3) is 0.118. The van der Waals surface area contributed by atoms with Gasteiger partial charge in [-0.1, -0.05) is 48.5 Å². The SMILES string of the molecule is COC(=O)C(C)=C1c2ccccc2-c2ccccc21. The van der Waals surface area contributed by atoms with E-state index in [0.717, 1.165) is 16.7 Å². The molecule has 0 bridgehead atoms. The van der Waals surface area contributed by atoms with E-state index in [-0.39, 0.29) is 5.97 Å². The number of hydrogen-bond donors (Lipinski definition) is 0. The molecule has 0 amide bonds. The van der Waals surface area contributed by atoms with E-state index in [2.05, 4.69) is 24.3 Å². The lowest BCUT2D eigenvalue weighted by molar-refractivity contribution is -0.135. The smallest absolute Gasteiger partial charge is 0.334 e. The molecule has 2 aromatic rings. The van der Waals surface area contributed by atoms with Crippen molar-refractivity contribution in [2.45, 2.75) is 6.92 Å². The lowest BCUT2D eigenvalue weighted by atomic mass is 9.99. The van der Waals surface area contributed by atoms with E-state index in [9.17, 15) is 4.79 Å². The molecular weight excluding hydrogens is 236 g/mol.